The normalized spacial score (nSPS) is 11.2. The SMILES string of the molecule is C=CC(=O)N(C)c1ccc(C(=O)N(C)CC(O)c2cccc(C#N)c2)cc1. The fraction of sp³-hybridized carbons (Fsp3) is 0.190. The summed E-state index contributed by atoms with van der Waals surface area (Å²) in [7, 11) is 3.22. The van der Waals surface area contributed by atoms with E-state index in [1.807, 2.05) is 6.07 Å². The van der Waals surface area contributed by atoms with E-state index < -0.39 is 6.10 Å². The molecule has 1 unspecified atom stereocenters. The van der Waals surface area contributed by atoms with E-state index in [9.17, 15) is 14.7 Å². The van der Waals surface area contributed by atoms with Gasteiger partial charge in [0, 0.05) is 25.3 Å². The fourth-order valence-electron chi connectivity index (χ4n) is 2.58. The molecule has 0 radical (unpaired) electrons. The number of nitriles is 1. The molecular weight excluding hydrogens is 342 g/mol. The second-order valence-electron chi connectivity index (χ2n) is 6.09. The van der Waals surface area contributed by atoms with Gasteiger partial charge < -0.3 is 14.9 Å². The molecule has 2 aromatic rings. The van der Waals surface area contributed by atoms with Crippen molar-refractivity contribution in [1.82, 2.24) is 4.90 Å². The zero-order valence-corrected chi connectivity index (χ0v) is 15.3. The monoisotopic (exact) mass is 363 g/mol. The highest BCUT2D eigenvalue weighted by Gasteiger charge is 2.17. The van der Waals surface area contributed by atoms with Crippen molar-refractivity contribution in [3.63, 3.8) is 0 Å². The molecule has 2 rings (SSSR count). The molecule has 0 fully saturated rings. The maximum absolute atomic E-state index is 12.6. The van der Waals surface area contributed by atoms with Crippen molar-refractivity contribution in [2.24, 2.45) is 0 Å². The summed E-state index contributed by atoms with van der Waals surface area (Å²) >= 11 is 0. The average molecular weight is 363 g/mol. The lowest BCUT2D eigenvalue weighted by atomic mass is 10.1. The number of carbonyl (C=O) groups excluding carboxylic acids is 2. The second-order valence-corrected chi connectivity index (χ2v) is 6.09. The number of likely N-dealkylation sites (N-methyl/N-ethyl adjacent to an activating group) is 2. The minimum absolute atomic E-state index is 0.0876. The number of anilines is 1. The molecule has 1 N–H and O–H groups in total. The first-order valence-corrected chi connectivity index (χ1v) is 8.31. The molecule has 138 valence electrons. The van der Waals surface area contributed by atoms with Gasteiger partial charge in [-0.05, 0) is 48.0 Å². The largest absolute Gasteiger partial charge is 0.387 e. The first-order chi connectivity index (χ1) is 12.9. The number of hydrogen-bond acceptors (Lipinski definition) is 4. The van der Waals surface area contributed by atoms with Crippen LogP contribution in [-0.2, 0) is 4.79 Å². The Hall–Kier alpha value is -3.43. The van der Waals surface area contributed by atoms with Crippen molar-refractivity contribution in [2.45, 2.75) is 6.10 Å². The number of aliphatic hydroxyl groups excluding tert-OH is 1. The van der Waals surface area contributed by atoms with E-state index in [1.54, 1.807) is 62.6 Å². The minimum Gasteiger partial charge on any atom is -0.387 e. The summed E-state index contributed by atoms with van der Waals surface area (Å²) in [5.41, 5.74) is 2.12. The topological polar surface area (TPSA) is 84.6 Å². The summed E-state index contributed by atoms with van der Waals surface area (Å²) in [6, 6.07) is 15.3. The summed E-state index contributed by atoms with van der Waals surface area (Å²) in [4.78, 5) is 27.0. The highest BCUT2D eigenvalue weighted by Crippen LogP contribution is 2.18. The standard InChI is InChI=1S/C21H21N3O3/c1-4-20(26)24(3)18-10-8-16(9-11-18)21(27)23(2)14-19(25)17-7-5-6-15(12-17)13-22/h4-12,19,25H,1,14H2,2-3H3. The van der Waals surface area contributed by atoms with Crippen molar-refractivity contribution >= 4 is 17.5 Å². The summed E-state index contributed by atoms with van der Waals surface area (Å²) in [6.07, 6.45) is 0.318. The van der Waals surface area contributed by atoms with Crippen LogP contribution >= 0.6 is 0 Å². The first kappa shape index (κ1) is 19.9. The third-order valence-electron chi connectivity index (χ3n) is 4.20. The van der Waals surface area contributed by atoms with Crippen molar-refractivity contribution in [3.05, 3.63) is 77.9 Å². The van der Waals surface area contributed by atoms with Crippen LogP contribution in [0.15, 0.2) is 61.2 Å². The maximum atomic E-state index is 12.6. The third kappa shape index (κ3) is 4.81. The van der Waals surface area contributed by atoms with Crippen LogP contribution in [0.25, 0.3) is 0 Å². The quantitative estimate of drug-likeness (QED) is 0.799. The van der Waals surface area contributed by atoms with Gasteiger partial charge in [-0.3, -0.25) is 9.59 Å². The second kappa shape index (κ2) is 8.79. The van der Waals surface area contributed by atoms with E-state index in [0.29, 0.717) is 22.4 Å². The van der Waals surface area contributed by atoms with Crippen molar-refractivity contribution in [3.8, 4) is 6.07 Å². The van der Waals surface area contributed by atoms with Crippen LogP contribution in [-0.4, -0.2) is 42.5 Å². The van der Waals surface area contributed by atoms with E-state index in [4.69, 9.17) is 5.26 Å². The Bertz CT molecular complexity index is 884. The minimum atomic E-state index is -0.900. The Kier molecular flexibility index (Phi) is 6.47. The van der Waals surface area contributed by atoms with E-state index >= 15 is 0 Å². The van der Waals surface area contributed by atoms with Crippen LogP contribution in [0.3, 0.4) is 0 Å². The number of rotatable bonds is 6. The summed E-state index contributed by atoms with van der Waals surface area (Å²) in [5, 5.41) is 19.3. The van der Waals surface area contributed by atoms with E-state index in [1.165, 1.54) is 15.9 Å². The summed E-state index contributed by atoms with van der Waals surface area (Å²) < 4.78 is 0. The number of aliphatic hydroxyl groups is 1. The average Bonchev–Trinajstić information content (AvgIpc) is 2.72. The molecule has 27 heavy (non-hydrogen) atoms. The summed E-state index contributed by atoms with van der Waals surface area (Å²) in [6.45, 7) is 3.53. The van der Waals surface area contributed by atoms with Gasteiger partial charge in [0.05, 0.1) is 24.3 Å². The molecule has 2 amide bonds. The van der Waals surface area contributed by atoms with Gasteiger partial charge in [0.1, 0.15) is 0 Å². The number of carbonyl (C=O) groups is 2. The number of nitrogens with zero attached hydrogens (tertiary/aromatic N) is 3. The highest BCUT2D eigenvalue weighted by molar-refractivity contribution is 6.01. The molecule has 0 aromatic heterocycles. The molecule has 0 spiro atoms. The number of amides is 2. The molecule has 0 bridgehead atoms. The summed E-state index contributed by atoms with van der Waals surface area (Å²) in [5.74, 6) is -0.497. The Morgan fingerprint density at radius 3 is 2.48 bits per heavy atom. The van der Waals surface area contributed by atoms with Gasteiger partial charge in [-0.1, -0.05) is 18.7 Å². The lowest BCUT2D eigenvalue weighted by Crippen LogP contribution is -2.31. The first-order valence-electron chi connectivity index (χ1n) is 8.31. The molecular formula is C21H21N3O3. The van der Waals surface area contributed by atoms with Crippen LogP contribution in [0.4, 0.5) is 5.69 Å². The van der Waals surface area contributed by atoms with Crippen LogP contribution in [0.5, 0.6) is 0 Å². The molecule has 6 nitrogen and oxygen atoms in total. The van der Waals surface area contributed by atoms with Crippen molar-refractivity contribution in [1.29, 1.82) is 5.26 Å². The Balaban J connectivity index is 2.07. The van der Waals surface area contributed by atoms with Gasteiger partial charge in [0.25, 0.3) is 5.91 Å². The van der Waals surface area contributed by atoms with Gasteiger partial charge in [0.2, 0.25) is 5.91 Å². The van der Waals surface area contributed by atoms with Crippen molar-refractivity contribution < 1.29 is 14.7 Å². The van der Waals surface area contributed by atoms with Crippen LogP contribution in [0.1, 0.15) is 27.6 Å². The van der Waals surface area contributed by atoms with Crippen LogP contribution in [0.2, 0.25) is 0 Å². The zero-order chi connectivity index (χ0) is 20.0. The van der Waals surface area contributed by atoms with Gasteiger partial charge in [0.15, 0.2) is 0 Å². The van der Waals surface area contributed by atoms with Crippen molar-refractivity contribution in [2.75, 3.05) is 25.5 Å². The number of hydrogen-bond donors (Lipinski definition) is 1. The molecule has 2 aromatic carbocycles. The lowest BCUT2D eigenvalue weighted by molar-refractivity contribution is -0.113. The van der Waals surface area contributed by atoms with Gasteiger partial charge in [-0.15, -0.1) is 0 Å². The third-order valence-corrected chi connectivity index (χ3v) is 4.20. The van der Waals surface area contributed by atoms with E-state index in [2.05, 4.69) is 6.58 Å². The number of benzene rings is 2. The van der Waals surface area contributed by atoms with Crippen LogP contribution in [0, 0.1) is 11.3 Å². The van der Waals surface area contributed by atoms with Gasteiger partial charge in [-0.2, -0.15) is 5.26 Å². The fourth-order valence-corrected chi connectivity index (χ4v) is 2.58. The van der Waals surface area contributed by atoms with Gasteiger partial charge in [-0.25, -0.2) is 0 Å². The molecule has 6 heteroatoms. The van der Waals surface area contributed by atoms with Crippen LogP contribution < -0.4 is 4.90 Å². The Morgan fingerprint density at radius 2 is 1.89 bits per heavy atom. The lowest BCUT2D eigenvalue weighted by Gasteiger charge is -2.22. The van der Waals surface area contributed by atoms with E-state index in [-0.39, 0.29) is 18.4 Å². The Morgan fingerprint density at radius 1 is 1.22 bits per heavy atom. The molecule has 0 saturated carbocycles. The smallest absolute Gasteiger partial charge is 0.253 e. The molecule has 0 aliphatic carbocycles. The predicted molar refractivity (Wildman–Crippen MR) is 103 cm³/mol. The molecule has 0 aliphatic rings. The molecule has 1 atom stereocenters. The Labute approximate surface area is 158 Å². The molecule has 0 saturated heterocycles. The predicted octanol–water partition coefficient (Wildman–Crippen LogP) is 2.51. The maximum Gasteiger partial charge on any atom is 0.253 e. The molecule has 0 heterocycles. The highest BCUT2D eigenvalue weighted by atomic mass is 16.3. The molecule has 0 aliphatic heterocycles. The van der Waals surface area contributed by atoms with Gasteiger partial charge >= 0.3 is 0 Å². The van der Waals surface area contributed by atoms with E-state index in [0.717, 1.165) is 0 Å². The zero-order valence-electron chi connectivity index (χ0n) is 15.3.